The van der Waals surface area contributed by atoms with Gasteiger partial charge < -0.3 is 5.11 Å². The lowest BCUT2D eigenvalue weighted by Gasteiger charge is -2.34. The Bertz CT molecular complexity index is 282. The highest BCUT2D eigenvalue weighted by atomic mass is 32.2. The van der Waals surface area contributed by atoms with Crippen molar-refractivity contribution in [2.75, 3.05) is 6.26 Å². The first-order valence-corrected chi connectivity index (χ1v) is 7.14. The molecule has 14 heavy (non-hydrogen) atoms. The quantitative estimate of drug-likeness (QED) is 0.761. The van der Waals surface area contributed by atoms with Crippen LogP contribution in [-0.4, -0.2) is 31.1 Å². The molecule has 0 heterocycles. The van der Waals surface area contributed by atoms with Gasteiger partial charge in [0, 0.05) is 6.26 Å². The largest absolute Gasteiger partial charge is 0.392 e. The van der Waals surface area contributed by atoms with E-state index in [4.69, 9.17) is 0 Å². The van der Waals surface area contributed by atoms with Crippen LogP contribution in [0.2, 0.25) is 0 Å². The van der Waals surface area contributed by atoms with Gasteiger partial charge in [-0.25, -0.2) is 8.42 Å². The van der Waals surface area contributed by atoms with Crippen molar-refractivity contribution >= 4 is 9.84 Å². The minimum atomic E-state index is -3.09. The van der Waals surface area contributed by atoms with Gasteiger partial charge in [-0.2, -0.15) is 0 Å². The second kappa shape index (κ2) is 4.19. The third-order valence-electron chi connectivity index (χ3n) is 3.29. The average molecular weight is 220 g/mol. The van der Waals surface area contributed by atoms with Crippen LogP contribution in [0.25, 0.3) is 0 Å². The second-order valence-electron chi connectivity index (χ2n) is 4.75. The van der Waals surface area contributed by atoms with Gasteiger partial charge in [0.2, 0.25) is 0 Å². The molecule has 0 aliphatic heterocycles. The van der Waals surface area contributed by atoms with Crippen molar-refractivity contribution in [3.63, 3.8) is 0 Å². The molecule has 0 aromatic rings. The first kappa shape index (κ1) is 12.0. The fraction of sp³-hybridized carbons (Fsp3) is 1.00. The molecule has 1 aliphatic rings. The first-order chi connectivity index (χ1) is 6.32. The Morgan fingerprint density at radius 3 is 2.29 bits per heavy atom. The minimum Gasteiger partial charge on any atom is -0.392 e. The van der Waals surface area contributed by atoms with Crippen molar-refractivity contribution in [2.24, 2.45) is 11.8 Å². The lowest BCUT2D eigenvalue weighted by atomic mass is 9.80. The van der Waals surface area contributed by atoms with Gasteiger partial charge in [-0.05, 0) is 31.1 Å². The maximum atomic E-state index is 11.4. The Morgan fingerprint density at radius 1 is 1.29 bits per heavy atom. The Labute approximate surface area is 86.4 Å². The number of hydrogen-bond donors (Lipinski definition) is 1. The second-order valence-corrected chi connectivity index (χ2v) is 7.02. The standard InChI is InChI=1S/C10H20O3S/c1-7(2)8-4-5-9(11)10(6-8)14(3,12)13/h7-11H,4-6H2,1-3H3. The van der Waals surface area contributed by atoms with E-state index in [2.05, 4.69) is 13.8 Å². The van der Waals surface area contributed by atoms with Gasteiger partial charge in [0.15, 0.2) is 9.84 Å². The Hall–Kier alpha value is -0.0900. The normalized spacial score (nSPS) is 34.8. The summed E-state index contributed by atoms with van der Waals surface area (Å²) in [5.74, 6) is 0.949. The van der Waals surface area contributed by atoms with E-state index in [0.29, 0.717) is 24.7 Å². The number of aliphatic hydroxyl groups is 1. The van der Waals surface area contributed by atoms with Crippen molar-refractivity contribution in [2.45, 2.75) is 44.5 Å². The summed E-state index contributed by atoms with van der Waals surface area (Å²) in [5.41, 5.74) is 0. The van der Waals surface area contributed by atoms with Crippen LogP contribution in [0.1, 0.15) is 33.1 Å². The SMILES string of the molecule is CC(C)C1CCC(O)C(S(C)(=O)=O)C1. The number of aliphatic hydroxyl groups excluding tert-OH is 1. The van der Waals surface area contributed by atoms with Gasteiger partial charge >= 0.3 is 0 Å². The van der Waals surface area contributed by atoms with Crippen LogP contribution in [0.5, 0.6) is 0 Å². The zero-order chi connectivity index (χ0) is 10.9. The van der Waals surface area contributed by atoms with Gasteiger partial charge in [-0.15, -0.1) is 0 Å². The lowest BCUT2D eigenvalue weighted by molar-refractivity contribution is 0.0999. The van der Waals surface area contributed by atoms with E-state index >= 15 is 0 Å². The molecule has 3 unspecified atom stereocenters. The van der Waals surface area contributed by atoms with E-state index in [0.717, 1.165) is 6.42 Å². The fourth-order valence-corrected chi connectivity index (χ4v) is 3.51. The topological polar surface area (TPSA) is 54.4 Å². The molecule has 0 aromatic heterocycles. The van der Waals surface area contributed by atoms with Gasteiger partial charge in [-0.3, -0.25) is 0 Å². The van der Waals surface area contributed by atoms with Crippen LogP contribution in [-0.2, 0) is 9.84 Å². The summed E-state index contributed by atoms with van der Waals surface area (Å²) in [4.78, 5) is 0. The van der Waals surface area contributed by atoms with Crippen molar-refractivity contribution in [1.82, 2.24) is 0 Å². The predicted molar refractivity (Wildman–Crippen MR) is 56.8 cm³/mol. The minimum absolute atomic E-state index is 0.443. The molecule has 0 radical (unpaired) electrons. The van der Waals surface area contributed by atoms with Crippen LogP contribution >= 0.6 is 0 Å². The zero-order valence-electron chi connectivity index (χ0n) is 9.10. The van der Waals surface area contributed by atoms with Crippen LogP contribution in [0.15, 0.2) is 0 Å². The van der Waals surface area contributed by atoms with Crippen molar-refractivity contribution < 1.29 is 13.5 Å². The Balaban J connectivity index is 2.75. The molecule has 0 aromatic carbocycles. The van der Waals surface area contributed by atoms with Crippen molar-refractivity contribution in [3.05, 3.63) is 0 Å². The molecular weight excluding hydrogens is 200 g/mol. The summed E-state index contributed by atoms with van der Waals surface area (Å²) in [6, 6.07) is 0. The summed E-state index contributed by atoms with van der Waals surface area (Å²) < 4.78 is 22.8. The molecule has 0 spiro atoms. The van der Waals surface area contributed by atoms with Gasteiger partial charge in [-0.1, -0.05) is 13.8 Å². The molecule has 0 bridgehead atoms. The van der Waals surface area contributed by atoms with E-state index in [1.165, 1.54) is 6.26 Å². The monoisotopic (exact) mass is 220 g/mol. The molecular formula is C10H20O3S. The van der Waals surface area contributed by atoms with E-state index in [1.54, 1.807) is 0 Å². The highest BCUT2D eigenvalue weighted by Crippen LogP contribution is 2.33. The van der Waals surface area contributed by atoms with Crippen molar-refractivity contribution in [3.8, 4) is 0 Å². The highest BCUT2D eigenvalue weighted by Gasteiger charge is 2.36. The third-order valence-corrected chi connectivity index (χ3v) is 4.90. The van der Waals surface area contributed by atoms with E-state index in [1.807, 2.05) is 0 Å². The molecule has 1 saturated carbocycles. The predicted octanol–water partition coefficient (Wildman–Crippen LogP) is 1.22. The summed E-state index contributed by atoms with van der Waals surface area (Å²) in [7, 11) is -3.09. The Morgan fingerprint density at radius 2 is 1.86 bits per heavy atom. The van der Waals surface area contributed by atoms with E-state index in [-0.39, 0.29) is 0 Å². The van der Waals surface area contributed by atoms with Crippen LogP contribution in [0.4, 0.5) is 0 Å². The average Bonchev–Trinajstić information content (AvgIpc) is 2.02. The molecule has 1 fully saturated rings. The summed E-state index contributed by atoms with van der Waals surface area (Å²) in [6.45, 7) is 4.23. The van der Waals surface area contributed by atoms with E-state index in [9.17, 15) is 13.5 Å². The smallest absolute Gasteiger partial charge is 0.152 e. The fourth-order valence-electron chi connectivity index (χ4n) is 2.21. The van der Waals surface area contributed by atoms with Gasteiger partial charge in [0.25, 0.3) is 0 Å². The molecule has 0 amide bonds. The lowest BCUT2D eigenvalue weighted by Crippen LogP contribution is -2.40. The maximum absolute atomic E-state index is 11.4. The van der Waals surface area contributed by atoms with Gasteiger partial charge in [0.1, 0.15) is 0 Å². The number of hydrogen-bond acceptors (Lipinski definition) is 3. The van der Waals surface area contributed by atoms with Crippen LogP contribution in [0, 0.1) is 11.8 Å². The first-order valence-electron chi connectivity index (χ1n) is 5.19. The molecule has 1 aliphatic carbocycles. The molecule has 1 rings (SSSR count). The summed E-state index contributed by atoms with van der Waals surface area (Å²) in [6.07, 6.45) is 2.77. The maximum Gasteiger partial charge on any atom is 0.152 e. The van der Waals surface area contributed by atoms with E-state index < -0.39 is 21.2 Å². The molecule has 3 nitrogen and oxygen atoms in total. The van der Waals surface area contributed by atoms with Crippen LogP contribution in [0.3, 0.4) is 0 Å². The number of rotatable bonds is 2. The molecule has 0 saturated heterocycles. The summed E-state index contributed by atoms with van der Waals surface area (Å²) in [5, 5.41) is 9.09. The molecule has 84 valence electrons. The van der Waals surface area contributed by atoms with Crippen LogP contribution < -0.4 is 0 Å². The molecule has 3 atom stereocenters. The molecule has 1 N–H and O–H groups in total. The third kappa shape index (κ3) is 2.70. The van der Waals surface area contributed by atoms with Gasteiger partial charge in [0.05, 0.1) is 11.4 Å². The molecule has 4 heteroatoms. The van der Waals surface area contributed by atoms with Crippen molar-refractivity contribution in [1.29, 1.82) is 0 Å². The highest BCUT2D eigenvalue weighted by molar-refractivity contribution is 7.91. The zero-order valence-corrected chi connectivity index (χ0v) is 9.92. The number of sulfone groups is 1. The summed E-state index contributed by atoms with van der Waals surface area (Å²) >= 11 is 0. The Kier molecular flexibility index (Phi) is 3.58.